The Morgan fingerprint density at radius 2 is 1.46 bits per heavy atom. The van der Waals surface area contributed by atoms with Crippen LogP contribution in [0.1, 0.15) is 82.3 Å². The van der Waals surface area contributed by atoms with Crippen LogP contribution in [-0.4, -0.2) is 5.92 Å². The van der Waals surface area contributed by atoms with E-state index in [1.807, 2.05) is 0 Å². The van der Waals surface area contributed by atoms with Gasteiger partial charge in [0.25, 0.3) is 0 Å². The van der Waals surface area contributed by atoms with E-state index in [4.69, 9.17) is 0 Å². The quantitative estimate of drug-likeness (QED) is 0.456. The Kier molecular flexibility index (Phi) is 6.33. The van der Waals surface area contributed by atoms with Crippen LogP contribution in [0.15, 0.2) is 24.3 Å². The van der Waals surface area contributed by atoms with Gasteiger partial charge < -0.3 is 0 Å². The average molecular weight is 344 g/mol. The Balaban J connectivity index is 2.06. The van der Waals surface area contributed by atoms with Gasteiger partial charge in [-0.2, -0.15) is 17.6 Å². The maximum atomic E-state index is 14.1. The second kappa shape index (κ2) is 7.88. The van der Waals surface area contributed by atoms with Crippen molar-refractivity contribution in [2.24, 2.45) is 5.92 Å². The first-order valence-electron chi connectivity index (χ1n) is 9.17. The van der Waals surface area contributed by atoms with Crippen LogP contribution in [0, 0.1) is 5.92 Å². The lowest BCUT2D eigenvalue weighted by Gasteiger charge is -2.29. The third-order valence-electron chi connectivity index (χ3n) is 5.31. The summed E-state index contributed by atoms with van der Waals surface area (Å²) in [5.41, 5.74) is 0.424. The van der Waals surface area contributed by atoms with Crippen LogP contribution >= 0.6 is 0 Å². The highest BCUT2D eigenvalue weighted by Crippen LogP contribution is 2.46. The molecule has 0 nitrogen and oxygen atoms in total. The van der Waals surface area contributed by atoms with E-state index < -0.39 is 23.8 Å². The molecule has 1 fully saturated rings. The van der Waals surface area contributed by atoms with Crippen molar-refractivity contribution >= 4 is 0 Å². The molecule has 1 aromatic carbocycles. The van der Waals surface area contributed by atoms with Crippen molar-refractivity contribution in [3.05, 3.63) is 35.4 Å². The molecule has 0 saturated heterocycles. The predicted octanol–water partition coefficient (Wildman–Crippen LogP) is 7.29. The van der Waals surface area contributed by atoms with Crippen molar-refractivity contribution in [2.45, 2.75) is 83.0 Å². The molecule has 0 aliphatic heterocycles. The first-order valence-corrected chi connectivity index (χ1v) is 9.17. The molecule has 1 aromatic rings. The number of hydrogen-bond acceptors (Lipinski definition) is 0. The maximum Gasteiger partial charge on any atom is 0.335 e. The Morgan fingerprint density at radius 3 is 1.96 bits per heavy atom. The minimum atomic E-state index is -4.11. The largest absolute Gasteiger partial charge is 0.335 e. The molecule has 0 N–H and O–H groups in total. The molecule has 0 atom stereocenters. The number of rotatable bonds is 7. The molecule has 4 heteroatoms. The van der Waals surface area contributed by atoms with Gasteiger partial charge in [0.05, 0.1) is 0 Å². The average Bonchev–Trinajstić information content (AvgIpc) is 2.56. The fourth-order valence-electron chi connectivity index (χ4n) is 3.84. The lowest BCUT2D eigenvalue weighted by molar-refractivity contribution is -0.219. The molecular formula is C20H28F4. The highest BCUT2D eigenvalue weighted by Gasteiger charge is 2.56. The van der Waals surface area contributed by atoms with E-state index in [0.717, 1.165) is 24.3 Å². The summed E-state index contributed by atoms with van der Waals surface area (Å²) >= 11 is 0. The summed E-state index contributed by atoms with van der Waals surface area (Å²) in [5.74, 6) is -6.96. The lowest BCUT2D eigenvalue weighted by Crippen LogP contribution is -2.37. The van der Waals surface area contributed by atoms with Crippen molar-refractivity contribution in [3.8, 4) is 0 Å². The normalized spacial score (nSPS) is 22.6. The molecule has 2 rings (SSSR count). The molecular weight excluding hydrogens is 316 g/mol. The molecule has 0 spiro atoms. The molecule has 0 amide bonds. The first-order chi connectivity index (χ1) is 11.3. The summed E-state index contributed by atoms with van der Waals surface area (Å²) < 4.78 is 55.6. The lowest BCUT2D eigenvalue weighted by atomic mass is 9.77. The number of benzene rings is 1. The molecule has 136 valence electrons. The van der Waals surface area contributed by atoms with Crippen molar-refractivity contribution in [1.82, 2.24) is 0 Å². The van der Waals surface area contributed by atoms with E-state index in [2.05, 4.69) is 6.92 Å². The number of halogens is 4. The summed E-state index contributed by atoms with van der Waals surface area (Å²) in [5, 5.41) is 0. The van der Waals surface area contributed by atoms with E-state index in [-0.39, 0.29) is 6.42 Å². The van der Waals surface area contributed by atoms with Crippen molar-refractivity contribution in [2.75, 3.05) is 0 Å². The van der Waals surface area contributed by atoms with Gasteiger partial charge in [-0.1, -0.05) is 57.4 Å². The zero-order valence-electron chi connectivity index (χ0n) is 14.6. The van der Waals surface area contributed by atoms with E-state index in [9.17, 15) is 17.6 Å². The van der Waals surface area contributed by atoms with Gasteiger partial charge in [-0.15, -0.1) is 0 Å². The van der Waals surface area contributed by atoms with Crippen LogP contribution in [0.25, 0.3) is 0 Å². The van der Waals surface area contributed by atoms with Crippen LogP contribution in [0.5, 0.6) is 0 Å². The standard InChI is InChI=1S/C20H28F4/c1-3-5-15-6-8-16(9-7-15)17-10-12-18(13-11-17)20(23,24)19(21,22)14-4-2/h10-13,15-16H,3-9,14H2,1-2H3. The SMILES string of the molecule is CCCC1CCC(c2ccc(C(F)(F)C(F)(F)CCC)cc2)CC1. The van der Waals surface area contributed by atoms with Gasteiger partial charge in [-0.05, 0) is 43.1 Å². The summed E-state index contributed by atoms with van der Waals surface area (Å²) in [7, 11) is 0. The molecule has 1 aliphatic rings. The van der Waals surface area contributed by atoms with Gasteiger partial charge in [-0.3, -0.25) is 0 Å². The maximum absolute atomic E-state index is 14.1. The van der Waals surface area contributed by atoms with E-state index in [1.54, 1.807) is 12.1 Å². The smallest absolute Gasteiger partial charge is 0.199 e. The van der Waals surface area contributed by atoms with Crippen LogP contribution in [0.3, 0.4) is 0 Å². The minimum absolute atomic E-state index is 0.0294. The monoisotopic (exact) mass is 344 g/mol. The van der Waals surface area contributed by atoms with Gasteiger partial charge in [0.2, 0.25) is 0 Å². The van der Waals surface area contributed by atoms with Crippen LogP contribution < -0.4 is 0 Å². The van der Waals surface area contributed by atoms with Crippen molar-refractivity contribution in [1.29, 1.82) is 0 Å². The predicted molar refractivity (Wildman–Crippen MR) is 89.8 cm³/mol. The molecule has 1 saturated carbocycles. The molecule has 24 heavy (non-hydrogen) atoms. The van der Waals surface area contributed by atoms with E-state index in [0.29, 0.717) is 5.92 Å². The summed E-state index contributed by atoms with van der Waals surface area (Å²) in [4.78, 5) is 0. The van der Waals surface area contributed by atoms with Crippen LogP contribution in [0.2, 0.25) is 0 Å². The Labute approximate surface area is 142 Å². The molecule has 0 unspecified atom stereocenters. The second-order valence-electron chi connectivity index (χ2n) is 7.16. The van der Waals surface area contributed by atoms with Gasteiger partial charge in [0.1, 0.15) is 0 Å². The Bertz CT molecular complexity index is 499. The van der Waals surface area contributed by atoms with Gasteiger partial charge in [-0.25, -0.2) is 0 Å². The van der Waals surface area contributed by atoms with E-state index in [1.165, 1.54) is 44.7 Å². The number of alkyl halides is 4. The molecule has 0 aromatic heterocycles. The Morgan fingerprint density at radius 1 is 0.875 bits per heavy atom. The van der Waals surface area contributed by atoms with E-state index >= 15 is 0 Å². The van der Waals surface area contributed by atoms with Crippen LogP contribution in [0.4, 0.5) is 17.6 Å². The summed E-state index contributed by atoms with van der Waals surface area (Å²) in [6.45, 7) is 3.68. The molecule has 0 bridgehead atoms. The third-order valence-corrected chi connectivity index (χ3v) is 5.31. The molecule has 1 aliphatic carbocycles. The fourth-order valence-corrected chi connectivity index (χ4v) is 3.84. The molecule has 0 heterocycles. The second-order valence-corrected chi connectivity index (χ2v) is 7.16. The third kappa shape index (κ3) is 4.12. The van der Waals surface area contributed by atoms with Crippen LogP contribution in [-0.2, 0) is 5.92 Å². The highest BCUT2D eigenvalue weighted by molar-refractivity contribution is 5.29. The summed E-state index contributed by atoms with van der Waals surface area (Å²) in [6.07, 6.45) is 6.15. The zero-order valence-corrected chi connectivity index (χ0v) is 14.6. The van der Waals surface area contributed by atoms with Gasteiger partial charge in [0, 0.05) is 12.0 Å². The summed E-state index contributed by atoms with van der Waals surface area (Å²) in [6, 6.07) is 5.63. The van der Waals surface area contributed by atoms with Crippen molar-refractivity contribution < 1.29 is 17.6 Å². The van der Waals surface area contributed by atoms with Gasteiger partial charge >= 0.3 is 11.8 Å². The van der Waals surface area contributed by atoms with Gasteiger partial charge in [0.15, 0.2) is 0 Å². The topological polar surface area (TPSA) is 0 Å². The number of hydrogen-bond donors (Lipinski definition) is 0. The fraction of sp³-hybridized carbons (Fsp3) is 0.700. The highest BCUT2D eigenvalue weighted by atomic mass is 19.3. The minimum Gasteiger partial charge on any atom is -0.199 e. The first kappa shape index (κ1) is 19.3. The van der Waals surface area contributed by atoms with Crippen molar-refractivity contribution in [3.63, 3.8) is 0 Å². The molecule has 0 radical (unpaired) electrons. The Hall–Kier alpha value is -1.06. The zero-order chi connectivity index (χ0) is 17.8.